The highest BCUT2D eigenvalue weighted by atomic mass is 16.5. The molecule has 1 atom stereocenters. The molecule has 0 saturated carbocycles. The van der Waals surface area contributed by atoms with Gasteiger partial charge in [0.25, 0.3) is 0 Å². The lowest BCUT2D eigenvalue weighted by molar-refractivity contribution is 0.124. The molecule has 0 bridgehead atoms. The highest BCUT2D eigenvalue weighted by molar-refractivity contribution is 5.40. The van der Waals surface area contributed by atoms with Crippen LogP contribution in [0.1, 0.15) is 52.0 Å². The molecular weight excluding hydrogens is 196 g/mol. The molecule has 1 heteroatoms. The van der Waals surface area contributed by atoms with Gasteiger partial charge in [-0.25, -0.2) is 0 Å². The molecule has 1 aromatic carbocycles. The van der Waals surface area contributed by atoms with Gasteiger partial charge in [-0.05, 0) is 29.9 Å². The molecule has 1 unspecified atom stereocenters. The third-order valence-corrected chi connectivity index (χ3v) is 3.53. The molecule has 0 saturated heterocycles. The van der Waals surface area contributed by atoms with E-state index in [0.29, 0.717) is 6.10 Å². The normalized spacial score (nSPS) is 22.3. The van der Waals surface area contributed by atoms with E-state index in [9.17, 15) is 0 Å². The van der Waals surface area contributed by atoms with E-state index in [1.165, 1.54) is 24.8 Å². The van der Waals surface area contributed by atoms with E-state index in [0.717, 1.165) is 12.2 Å². The monoisotopic (exact) mass is 218 g/mol. The van der Waals surface area contributed by atoms with Crippen LogP contribution in [-0.2, 0) is 5.41 Å². The zero-order valence-corrected chi connectivity index (χ0v) is 10.6. The molecule has 0 spiro atoms. The molecule has 1 aliphatic rings. The summed E-state index contributed by atoms with van der Waals surface area (Å²) in [7, 11) is 0. The third-order valence-electron chi connectivity index (χ3n) is 3.53. The Morgan fingerprint density at radius 1 is 1.31 bits per heavy atom. The third kappa shape index (κ3) is 2.23. The van der Waals surface area contributed by atoms with E-state index in [1.807, 2.05) is 0 Å². The molecule has 1 nitrogen and oxygen atoms in total. The van der Waals surface area contributed by atoms with Gasteiger partial charge in [-0.3, -0.25) is 0 Å². The number of ether oxygens (including phenoxy) is 1. The second-order valence-corrected chi connectivity index (χ2v) is 5.47. The lowest BCUT2D eigenvalue weighted by Gasteiger charge is -2.37. The number of fused-ring (bicyclic) bond motifs is 1. The van der Waals surface area contributed by atoms with Gasteiger partial charge in [-0.2, -0.15) is 0 Å². The predicted octanol–water partition coefficient (Wildman–Crippen LogP) is 4.31. The molecule has 0 N–H and O–H groups in total. The van der Waals surface area contributed by atoms with Crippen molar-refractivity contribution in [2.24, 2.45) is 0 Å². The fourth-order valence-corrected chi connectivity index (χ4v) is 2.62. The molecule has 88 valence electrons. The van der Waals surface area contributed by atoms with Crippen LogP contribution in [0.15, 0.2) is 24.3 Å². The number of hydrogen-bond acceptors (Lipinski definition) is 1. The standard InChI is InChI=1S/C15H22O/c1-4-5-8-12-11-15(2,3)13-9-6-7-10-14(13)16-12/h6-7,9-10,12H,4-5,8,11H2,1-3H3. The van der Waals surface area contributed by atoms with Gasteiger partial charge in [0.2, 0.25) is 0 Å². The SMILES string of the molecule is CCCCC1CC(C)(C)c2ccccc2O1. The van der Waals surface area contributed by atoms with E-state index in [2.05, 4.69) is 45.0 Å². The summed E-state index contributed by atoms with van der Waals surface area (Å²) in [4.78, 5) is 0. The Labute approximate surface area is 98.8 Å². The van der Waals surface area contributed by atoms with Crippen molar-refractivity contribution < 1.29 is 4.74 Å². The lowest BCUT2D eigenvalue weighted by atomic mass is 9.76. The molecule has 2 rings (SSSR count). The number of para-hydroxylation sites is 1. The van der Waals surface area contributed by atoms with Crippen molar-refractivity contribution in [2.45, 2.75) is 58.0 Å². The molecule has 0 radical (unpaired) electrons. The topological polar surface area (TPSA) is 9.23 Å². The molecule has 0 fully saturated rings. The van der Waals surface area contributed by atoms with Crippen molar-refractivity contribution in [3.8, 4) is 5.75 Å². The van der Waals surface area contributed by atoms with Gasteiger partial charge in [-0.1, -0.05) is 51.8 Å². The second kappa shape index (κ2) is 4.48. The average Bonchev–Trinajstić information content (AvgIpc) is 2.25. The smallest absolute Gasteiger partial charge is 0.123 e. The van der Waals surface area contributed by atoms with Crippen LogP contribution >= 0.6 is 0 Å². The molecule has 0 amide bonds. The second-order valence-electron chi connectivity index (χ2n) is 5.47. The molecule has 0 aliphatic carbocycles. The van der Waals surface area contributed by atoms with Gasteiger partial charge in [0.1, 0.15) is 5.75 Å². The summed E-state index contributed by atoms with van der Waals surface area (Å²) in [6.07, 6.45) is 5.26. The summed E-state index contributed by atoms with van der Waals surface area (Å²) in [6, 6.07) is 8.48. The average molecular weight is 218 g/mol. The summed E-state index contributed by atoms with van der Waals surface area (Å²) in [5, 5.41) is 0. The highest BCUT2D eigenvalue weighted by Gasteiger charge is 2.33. The Balaban J connectivity index is 2.19. The number of unbranched alkanes of at least 4 members (excludes halogenated alkanes) is 1. The maximum atomic E-state index is 6.07. The lowest BCUT2D eigenvalue weighted by Crippen LogP contribution is -2.34. The van der Waals surface area contributed by atoms with E-state index in [-0.39, 0.29) is 5.41 Å². The van der Waals surface area contributed by atoms with Gasteiger partial charge >= 0.3 is 0 Å². The first-order chi connectivity index (χ1) is 7.63. The Morgan fingerprint density at radius 2 is 2.06 bits per heavy atom. The predicted molar refractivity (Wildman–Crippen MR) is 68.0 cm³/mol. The highest BCUT2D eigenvalue weighted by Crippen LogP contribution is 2.41. The van der Waals surface area contributed by atoms with Crippen LogP contribution in [0.4, 0.5) is 0 Å². The van der Waals surface area contributed by atoms with E-state index in [4.69, 9.17) is 4.74 Å². The van der Waals surface area contributed by atoms with Crippen molar-refractivity contribution in [1.82, 2.24) is 0 Å². The zero-order chi connectivity index (χ0) is 11.6. The Bertz CT molecular complexity index is 354. The maximum absolute atomic E-state index is 6.07. The van der Waals surface area contributed by atoms with Crippen molar-refractivity contribution >= 4 is 0 Å². The first-order valence-corrected chi connectivity index (χ1v) is 6.39. The van der Waals surface area contributed by atoms with Crippen LogP contribution in [0, 0.1) is 0 Å². The fourth-order valence-electron chi connectivity index (χ4n) is 2.62. The summed E-state index contributed by atoms with van der Waals surface area (Å²) in [6.45, 7) is 6.89. The minimum atomic E-state index is 0.257. The number of benzene rings is 1. The van der Waals surface area contributed by atoms with Gasteiger partial charge < -0.3 is 4.74 Å². The van der Waals surface area contributed by atoms with Gasteiger partial charge in [0, 0.05) is 0 Å². The van der Waals surface area contributed by atoms with E-state index >= 15 is 0 Å². The molecule has 0 aromatic heterocycles. The first kappa shape index (κ1) is 11.5. The van der Waals surface area contributed by atoms with E-state index < -0.39 is 0 Å². The van der Waals surface area contributed by atoms with Crippen LogP contribution in [0.2, 0.25) is 0 Å². The zero-order valence-electron chi connectivity index (χ0n) is 10.6. The van der Waals surface area contributed by atoms with Crippen LogP contribution in [0.5, 0.6) is 5.75 Å². The molecule has 1 heterocycles. The van der Waals surface area contributed by atoms with Crippen molar-refractivity contribution in [3.63, 3.8) is 0 Å². The quantitative estimate of drug-likeness (QED) is 0.734. The largest absolute Gasteiger partial charge is 0.490 e. The van der Waals surface area contributed by atoms with Gasteiger partial charge in [0.15, 0.2) is 0 Å². The van der Waals surface area contributed by atoms with Crippen LogP contribution < -0.4 is 4.74 Å². The molecule has 1 aromatic rings. The summed E-state index contributed by atoms with van der Waals surface area (Å²) in [5.41, 5.74) is 1.62. The number of rotatable bonds is 3. The van der Waals surface area contributed by atoms with Crippen molar-refractivity contribution in [1.29, 1.82) is 0 Å². The van der Waals surface area contributed by atoms with Gasteiger partial charge in [0.05, 0.1) is 6.10 Å². The minimum absolute atomic E-state index is 0.257. The summed E-state index contributed by atoms with van der Waals surface area (Å²) in [5.74, 6) is 1.10. The van der Waals surface area contributed by atoms with Crippen LogP contribution in [-0.4, -0.2) is 6.10 Å². The Kier molecular flexibility index (Phi) is 3.22. The first-order valence-electron chi connectivity index (χ1n) is 6.39. The van der Waals surface area contributed by atoms with Crippen molar-refractivity contribution in [2.75, 3.05) is 0 Å². The minimum Gasteiger partial charge on any atom is -0.490 e. The summed E-state index contributed by atoms with van der Waals surface area (Å²) >= 11 is 0. The fraction of sp³-hybridized carbons (Fsp3) is 0.600. The molecule has 16 heavy (non-hydrogen) atoms. The molecular formula is C15H22O. The van der Waals surface area contributed by atoms with Crippen LogP contribution in [0.3, 0.4) is 0 Å². The van der Waals surface area contributed by atoms with Crippen LogP contribution in [0.25, 0.3) is 0 Å². The summed E-state index contributed by atoms with van der Waals surface area (Å²) < 4.78 is 6.07. The maximum Gasteiger partial charge on any atom is 0.123 e. The number of hydrogen-bond donors (Lipinski definition) is 0. The Hall–Kier alpha value is -0.980. The van der Waals surface area contributed by atoms with Gasteiger partial charge in [-0.15, -0.1) is 0 Å². The van der Waals surface area contributed by atoms with Crippen molar-refractivity contribution in [3.05, 3.63) is 29.8 Å². The molecule has 1 aliphatic heterocycles. The Morgan fingerprint density at radius 3 is 2.81 bits per heavy atom. The van der Waals surface area contributed by atoms with E-state index in [1.54, 1.807) is 0 Å².